The van der Waals surface area contributed by atoms with Gasteiger partial charge in [0.25, 0.3) is 5.91 Å². The third kappa shape index (κ3) is 2.75. The number of nitrogens with one attached hydrogen (secondary N) is 1. The van der Waals surface area contributed by atoms with Gasteiger partial charge in [0.1, 0.15) is 5.75 Å². The topological polar surface area (TPSA) is 75.7 Å². The van der Waals surface area contributed by atoms with Gasteiger partial charge in [0.2, 0.25) is 11.8 Å². The lowest BCUT2D eigenvalue weighted by molar-refractivity contribution is -0.123. The van der Waals surface area contributed by atoms with E-state index in [-0.39, 0.29) is 41.4 Å². The molecule has 3 amide bonds. The molecule has 3 aliphatic rings. The first-order valence-electron chi connectivity index (χ1n) is 9.68. The highest BCUT2D eigenvalue weighted by atomic mass is 16.5. The van der Waals surface area contributed by atoms with Crippen LogP contribution < -0.4 is 15.0 Å². The summed E-state index contributed by atoms with van der Waals surface area (Å²) in [6, 6.07) is 13.7. The molecule has 2 fully saturated rings. The Hall–Kier alpha value is -3.41. The van der Waals surface area contributed by atoms with Crippen LogP contribution in [0, 0.1) is 23.7 Å². The number of anilines is 2. The lowest BCUT2D eigenvalue weighted by Crippen LogP contribution is -2.32. The summed E-state index contributed by atoms with van der Waals surface area (Å²) >= 11 is 0. The van der Waals surface area contributed by atoms with Crippen LogP contribution >= 0.6 is 0 Å². The molecule has 6 heteroatoms. The molecule has 1 saturated carbocycles. The zero-order valence-corrected chi connectivity index (χ0v) is 15.9. The molecular weight excluding hydrogens is 368 g/mol. The summed E-state index contributed by atoms with van der Waals surface area (Å²) in [6.07, 6.45) is 5.06. The first-order valence-corrected chi connectivity index (χ1v) is 9.68. The van der Waals surface area contributed by atoms with Crippen molar-refractivity contribution in [1.29, 1.82) is 0 Å². The molecule has 0 aromatic heterocycles. The molecule has 1 heterocycles. The monoisotopic (exact) mass is 388 g/mol. The number of fused-ring (bicyclic) bond motifs is 5. The Morgan fingerprint density at radius 3 is 2.28 bits per heavy atom. The van der Waals surface area contributed by atoms with Crippen molar-refractivity contribution in [2.45, 2.75) is 6.42 Å². The minimum absolute atomic E-state index is 0.120. The molecule has 2 aromatic rings. The molecule has 146 valence electrons. The number of rotatable bonds is 4. The highest BCUT2D eigenvalue weighted by Crippen LogP contribution is 2.53. The zero-order chi connectivity index (χ0) is 20.1. The maximum absolute atomic E-state index is 12.9. The molecule has 0 unspecified atom stereocenters. The number of nitrogens with zero attached hydrogens (tertiary/aromatic N) is 1. The molecule has 1 aliphatic heterocycles. The number of imide groups is 1. The number of methoxy groups -OCH3 is 1. The Bertz CT molecular complexity index is 1010. The zero-order valence-electron chi connectivity index (χ0n) is 15.9. The van der Waals surface area contributed by atoms with Crippen molar-refractivity contribution >= 4 is 29.1 Å². The number of amides is 3. The molecule has 4 atom stereocenters. The van der Waals surface area contributed by atoms with Crippen LogP contribution in [0.5, 0.6) is 5.75 Å². The van der Waals surface area contributed by atoms with Gasteiger partial charge in [-0.25, -0.2) is 0 Å². The van der Waals surface area contributed by atoms with E-state index in [0.717, 1.165) is 6.42 Å². The second-order valence-electron chi connectivity index (χ2n) is 7.74. The van der Waals surface area contributed by atoms with Gasteiger partial charge in [-0.2, -0.15) is 0 Å². The molecule has 29 heavy (non-hydrogen) atoms. The van der Waals surface area contributed by atoms with Gasteiger partial charge >= 0.3 is 0 Å². The summed E-state index contributed by atoms with van der Waals surface area (Å²) in [4.78, 5) is 39.6. The van der Waals surface area contributed by atoms with E-state index < -0.39 is 0 Å². The Morgan fingerprint density at radius 1 is 1.00 bits per heavy atom. The predicted molar refractivity (Wildman–Crippen MR) is 108 cm³/mol. The molecule has 0 spiro atoms. The summed E-state index contributed by atoms with van der Waals surface area (Å²) in [5, 5.41) is 2.82. The van der Waals surface area contributed by atoms with E-state index in [1.165, 1.54) is 4.90 Å². The first-order chi connectivity index (χ1) is 14.1. The van der Waals surface area contributed by atoms with Gasteiger partial charge < -0.3 is 10.1 Å². The van der Waals surface area contributed by atoms with E-state index in [9.17, 15) is 14.4 Å². The van der Waals surface area contributed by atoms with Gasteiger partial charge in [0.15, 0.2) is 0 Å². The molecule has 6 nitrogen and oxygen atoms in total. The number of carbonyl (C=O) groups excluding carboxylic acids is 3. The highest BCUT2D eigenvalue weighted by molar-refractivity contribution is 6.23. The summed E-state index contributed by atoms with van der Waals surface area (Å²) < 4.78 is 5.16. The summed E-state index contributed by atoms with van der Waals surface area (Å²) in [5.41, 5.74) is 1.59. The van der Waals surface area contributed by atoms with E-state index in [2.05, 4.69) is 17.5 Å². The maximum Gasteiger partial charge on any atom is 0.255 e. The second kappa shape index (κ2) is 6.58. The van der Waals surface area contributed by atoms with Gasteiger partial charge in [-0.15, -0.1) is 0 Å². The van der Waals surface area contributed by atoms with Crippen molar-refractivity contribution in [3.63, 3.8) is 0 Å². The summed E-state index contributed by atoms with van der Waals surface area (Å²) in [5.74, 6) is 0.0397. The summed E-state index contributed by atoms with van der Waals surface area (Å²) in [7, 11) is 1.57. The van der Waals surface area contributed by atoms with Crippen LogP contribution in [-0.4, -0.2) is 24.8 Å². The second-order valence-corrected chi connectivity index (χ2v) is 7.74. The van der Waals surface area contributed by atoms with Gasteiger partial charge in [-0.3, -0.25) is 19.3 Å². The van der Waals surface area contributed by atoms with Gasteiger partial charge in [0, 0.05) is 17.3 Å². The quantitative estimate of drug-likeness (QED) is 0.644. The van der Waals surface area contributed by atoms with Crippen LogP contribution in [0.15, 0.2) is 60.7 Å². The lowest BCUT2D eigenvalue weighted by atomic mass is 9.85. The molecule has 1 N–H and O–H groups in total. The fraction of sp³-hybridized carbons (Fsp3) is 0.261. The molecular formula is C23H20N2O4. The average molecular weight is 388 g/mol. The number of hydrogen-bond acceptors (Lipinski definition) is 4. The largest absolute Gasteiger partial charge is 0.497 e. The molecule has 5 rings (SSSR count). The Kier molecular flexibility index (Phi) is 4.01. The van der Waals surface area contributed by atoms with Gasteiger partial charge in [0.05, 0.1) is 24.6 Å². The van der Waals surface area contributed by atoms with Crippen molar-refractivity contribution < 1.29 is 19.1 Å². The van der Waals surface area contributed by atoms with Gasteiger partial charge in [-0.1, -0.05) is 18.2 Å². The molecule has 2 aromatic carbocycles. The maximum atomic E-state index is 12.9. The summed E-state index contributed by atoms with van der Waals surface area (Å²) in [6.45, 7) is 0. The van der Waals surface area contributed by atoms with Crippen LogP contribution in [0.2, 0.25) is 0 Å². The van der Waals surface area contributed by atoms with E-state index in [0.29, 0.717) is 22.7 Å². The van der Waals surface area contributed by atoms with Crippen molar-refractivity contribution in [2.75, 3.05) is 17.3 Å². The normalized spacial score (nSPS) is 26.7. The van der Waals surface area contributed by atoms with Crippen LogP contribution in [0.4, 0.5) is 11.4 Å². The number of ether oxygens (including phenoxy) is 1. The smallest absolute Gasteiger partial charge is 0.255 e. The van der Waals surface area contributed by atoms with Crippen LogP contribution in [0.1, 0.15) is 16.8 Å². The molecule has 2 aliphatic carbocycles. The highest BCUT2D eigenvalue weighted by Gasteiger charge is 2.59. The molecule has 0 radical (unpaired) electrons. The minimum atomic E-state index is -0.275. The lowest BCUT2D eigenvalue weighted by Gasteiger charge is -2.17. The van der Waals surface area contributed by atoms with Crippen molar-refractivity contribution in [3.8, 4) is 5.75 Å². The number of benzene rings is 2. The standard InChI is InChI=1S/C23H20N2O4/c1-29-18-4-2-3-16(12-18)24-21(26)13-7-9-17(10-8-13)25-22(27)19-14-5-6-15(11-14)20(19)23(25)28/h2-10,12,14-15,19-20H,11H2,1H3,(H,24,26)/t14-,15-,19+,20+/m0/s1. The van der Waals surface area contributed by atoms with Crippen molar-refractivity contribution in [2.24, 2.45) is 23.7 Å². The fourth-order valence-corrected chi connectivity index (χ4v) is 4.82. The third-order valence-electron chi connectivity index (χ3n) is 6.19. The number of hydrogen-bond donors (Lipinski definition) is 1. The Morgan fingerprint density at radius 2 is 1.66 bits per heavy atom. The van der Waals surface area contributed by atoms with Crippen molar-refractivity contribution in [3.05, 3.63) is 66.2 Å². The molecule has 1 saturated heterocycles. The Balaban J connectivity index is 1.33. The van der Waals surface area contributed by atoms with E-state index in [1.807, 2.05) is 0 Å². The van der Waals surface area contributed by atoms with E-state index >= 15 is 0 Å². The van der Waals surface area contributed by atoms with Crippen molar-refractivity contribution in [1.82, 2.24) is 0 Å². The van der Waals surface area contributed by atoms with Crippen LogP contribution in [-0.2, 0) is 9.59 Å². The minimum Gasteiger partial charge on any atom is -0.497 e. The Labute approximate surface area is 168 Å². The first kappa shape index (κ1) is 17.7. The number of carbonyl (C=O) groups is 3. The fourth-order valence-electron chi connectivity index (χ4n) is 4.82. The van der Waals surface area contributed by atoms with Gasteiger partial charge in [-0.05, 0) is 54.7 Å². The predicted octanol–water partition coefficient (Wildman–Crippen LogP) is 3.26. The van der Waals surface area contributed by atoms with E-state index in [1.54, 1.807) is 55.6 Å². The average Bonchev–Trinajstić information content (AvgIpc) is 3.42. The third-order valence-corrected chi connectivity index (χ3v) is 6.19. The SMILES string of the molecule is COc1cccc(NC(=O)c2ccc(N3C(=O)[C@H]4[C@H](C3=O)[C@H]3C=C[C@H]4C3)cc2)c1. The van der Waals surface area contributed by atoms with Crippen LogP contribution in [0.25, 0.3) is 0 Å². The van der Waals surface area contributed by atoms with Crippen LogP contribution in [0.3, 0.4) is 0 Å². The van der Waals surface area contributed by atoms with E-state index in [4.69, 9.17) is 4.74 Å². The number of allylic oxidation sites excluding steroid dienone is 2. The molecule has 2 bridgehead atoms.